The molecule has 1 heterocycles. The number of thiazole rings is 1. The van der Waals surface area contributed by atoms with E-state index in [-0.39, 0.29) is 4.90 Å². The van der Waals surface area contributed by atoms with Crippen molar-refractivity contribution in [3.63, 3.8) is 0 Å². The molecule has 3 aromatic rings. The highest BCUT2D eigenvalue weighted by Crippen LogP contribution is 2.22. The number of halogens is 1. The molecule has 0 bridgehead atoms. The number of sulfonamides is 1. The molecule has 0 fully saturated rings. The number of hydrogen-bond acceptors (Lipinski definition) is 5. The first kappa shape index (κ1) is 25.6. The van der Waals surface area contributed by atoms with Crippen LogP contribution in [0.25, 0.3) is 10.2 Å². The normalized spacial score (nSPS) is 12.7. The molecule has 0 unspecified atom stereocenters. The van der Waals surface area contributed by atoms with Crippen LogP contribution in [-0.4, -0.2) is 50.0 Å². The predicted molar refractivity (Wildman–Crippen MR) is 132 cm³/mol. The van der Waals surface area contributed by atoms with Crippen molar-refractivity contribution in [1.29, 1.82) is 0 Å². The maximum atomic E-state index is 12.9. The second-order valence-corrected chi connectivity index (χ2v) is 10.9. The number of carbonyl (C=O) groups is 1. The van der Waals surface area contributed by atoms with Crippen LogP contribution in [0.3, 0.4) is 0 Å². The van der Waals surface area contributed by atoms with Crippen molar-refractivity contribution in [2.75, 3.05) is 26.8 Å². The third kappa shape index (κ3) is 5.91. The fraction of sp³-hybridized carbons (Fsp3) is 0.391. The first-order chi connectivity index (χ1) is 15.8. The van der Waals surface area contributed by atoms with Gasteiger partial charge in [0.15, 0.2) is 4.80 Å². The fourth-order valence-electron chi connectivity index (χ4n) is 3.45. The largest absolute Gasteiger partial charge is 0.383 e. The van der Waals surface area contributed by atoms with Crippen molar-refractivity contribution in [3.8, 4) is 0 Å². The van der Waals surface area contributed by atoms with Gasteiger partial charge in [-0.3, -0.25) is 4.79 Å². The summed E-state index contributed by atoms with van der Waals surface area (Å²) < 4.78 is 35.4. The van der Waals surface area contributed by atoms with Crippen molar-refractivity contribution in [2.45, 2.75) is 38.1 Å². The number of nitrogens with zero attached hydrogens (tertiary/aromatic N) is 3. The molecule has 0 saturated heterocycles. The Balaban J connectivity index is 1.94. The smallest absolute Gasteiger partial charge is 0.279 e. The van der Waals surface area contributed by atoms with Gasteiger partial charge >= 0.3 is 0 Å². The Morgan fingerprint density at radius 2 is 1.79 bits per heavy atom. The maximum absolute atomic E-state index is 12.9. The summed E-state index contributed by atoms with van der Waals surface area (Å²) in [5, 5.41) is 0.609. The first-order valence-corrected chi connectivity index (χ1v) is 13.4. The Bertz CT molecular complexity index is 1280. The lowest BCUT2D eigenvalue weighted by molar-refractivity contribution is 0.0997. The number of ether oxygens (including phenoxy) is 1. The average Bonchev–Trinajstić information content (AvgIpc) is 3.13. The third-order valence-corrected chi connectivity index (χ3v) is 8.24. The van der Waals surface area contributed by atoms with Crippen LogP contribution in [0, 0.1) is 0 Å². The summed E-state index contributed by atoms with van der Waals surface area (Å²) >= 11 is 7.49. The van der Waals surface area contributed by atoms with Gasteiger partial charge in [-0.1, -0.05) is 36.8 Å². The molecular weight excluding hydrogens is 482 g/mol. The zero-order chi connectivity index (χ0) is 24.0. The summed E-state index contributed by atoms with van der Waals surface area (Å²) in [4.78, 5) is 17.9. The lowest BCUT2D eigenvalue weighted by Crippen LogP contribution is -2.32. The molecule has 0 aliphatic carbocycles. The van der Waals surface area contributed by atoms with Gasteiger partial charge in [-0.25, -0.2) is 8.42 Å². The summed E-state index contributed by atoms with van der Waals surface area (Å²) in [5.41, 5.74) is 1.24. The van der Waals surface area contributed by atoms with Crippen LogP contribution in [0.1, 0.15) is 37.0 Å². The number of amides is 1. The molecule has 0 spiro atoms. The van der Waals surface area contributed by atoms with Crippen molar-refractivity contribution >= 4 is 49.1 Å². The molecule has 10 heteroatoms. The number of hydrogen-bond donors (Lipinski definition) is 0. The quantitative estimate of drug-likeness (QED) is 0.401. The minimum absolute atomic E-state index is 0.174. The van der Waals surface area contributed by atoms with Crippen LogP contribution in [0.15, 0.2) is 52.4 Å². The van der Waals surface area contributed by atoms with E-state index in [1.54, 1.807) is 13.2 Å². The summed E-state index contributed by atoms with van der Waals surface area (Å²) in [6.45, 7) is 5.82. The highest BCUT2D eigenvalue weighted by atomic mass is 35.5. The Labute approximate surface area is 203 Å². The Hall–Kier alpha value is -2.04. The van der Waals surface area contributed by atoms with E-state index in [2.05, 4.69) is 4.99 Å². The van der Waals surface area contributed by atoms with Gasteiger partial charge < -0.3 is 9.30 Å². The molecule has 2 aromatic carbocycles. The molecule has 0 atom stereocenters. The van der Waals surface area contributed by atoms with Gasteiger partial charge in [0.05, 0.1) is 21.7 Å². The molecular formula is C23H28ClN3O4S2. The van der Waals surface area contributed by atoms with Crippen molar-refractivity contribution < 1.29 is 17.9 Å². The van der Waals surface area contributed by atoms with Gasteiger partial charge in [0.25, 0.3) is 5.91 Å². The van der Waals surface area contributed by atoms with E-state index in [1.807, 2.05) is 30.5 Å². The number of fused-ring (bicyclic) bond motifs is 1. The topological polar surface area (TPSA) is 81.0 Å². The number of aromatic nitrogens is 1. The lowest BCUT2D eigenvalue weighted by atomic mass is 10.2. The number of methoxy groups -OCH3 is 1. The van der Waals surface area contributed by atoms with Crippen LogP contribution in [0.5, 0.6) is 0 Å². The van der Waals surface area contributed by atoms with Crippen molar-refractivity contribution in [3.05, 3.63) is 57.9 Å². The van der Waals surface area contributed by atoms with E-state index in [1.165, 1.54) is 39.9 Å². The molecule has 0 aliphatic heterocycles. The Morgan fingerprint density at radius 1 is 1.12 bits per heavy atom. The van der Waals surface area contributed by atoms with E-state index in [0.29, 0.717) is 41.6 Å². The van der Waals surface area contributed by atoms with Crippen LogP contribution < -0.4 is 4.80 Å². The Morgan fingerprint density at radius 3 is 2.39 bits per heavy atom. The lowest BCUT2D eigenvalue weighted by Gasteiger charge is -2.21. The summed E-state index contributed by atoms with van der Waals surface area (Å²) in [6.07, 6.45) is 1.47. The molecule has 1 amide bonds. The minimum atomic E-state index is -3.60. The second-order valence-electron chi connectivity index (χ2n) is 7.49. The first-order valence-electron chi connectivity index (χ1n) is 10.8. The molecule has 178 valence electrons. The average molecular weight is 510 g/mol. The molecule has 0 aliphatic rings. The van der Waals surface area contributed by atoms with Gasteiger partial charge in [0, 0.05) is 37.3 Å². The molecule has 0 N–H and O–H groups in total. The van der Waals surface area contributed by atoms with Crippen LogP contribution >= 0.6 is 22.9 Å². The molecule has 3 rings (SSSR count). The number of benzene rings is 2. The van der Waals surface area contributed by atoms with Gasteiger partial charge in [0.2, 0.25) is 10.0 Å². The van der Waals surface area contributed by atoms with Crippen LogP contribution in [0.2, 0.25) is 5.02 Å². The van der Waals surface area contributed by atoms with E-state index in [9.17, 15) is 13.2 Å². The van der Waals surface area contributed by atoms with E-state index >= 15 is 0 Å². The highest BCUT2D eigenvalue weighted by molar-refractivity contribution is 7.89. The zero-order valence-electron chi connectivity index (χ0n) is 19.0. The van der Waals surface area contributed by atoms with Gasteiger partial charge in [-0.05, 0) is 55.3 Å². The highest BCUT2D eigenvalue weighted by Gasteiger charge is 2.23. The standard InChI is InChI=1S/C23H28ClN3O4S2/c1-4-12-26(13-5-2)33(29,30)19-9-6-17(7-10-19)22(28)25-23-27(14-15-31-3)20-11-8-18(24)16-21(20)32-23/h6-11,16H,4-5,12-15H2,1-3H3. The SMILES string of the molecule is CCCN(CCC)S(=O)(=O)c1ccc(C(=O)N=c2sc3cc(Cl)ccc3n2CCOC)cc1. The molecule has 7 nitrogen and oxygen atoms in total. The van der Waals surface area contributed by atoms with E-state index < -0.39 is 15.9 Å². The minimum Gasteiger partial charge on any atom is -0.383 e. The third-order valence-electron chi connectivity index (χ3n) is 5.05. The summed E-state index contributed by atoms with van der Waals surface area (Å²) in [7, 11) is -1.99. The maximum Gasteiger partial charge on any atom is 0.279 e. The number of carbonyl (C=O) groups excluding carboxylic acids is 1. The zero-order valence-corrected chi connectivity index (χ0v) is 21.3. The monoisotopic (exact) mass is 509 g/mol. The van der Waals surface area contributed by atoms with Gasteiger partial charge in [0.1, 0.15) is 0 Å². The molecule has 1 aromatic heterocycles. The van der Waals surface area contributed by atoms with Crippen molar-refractivity contribution in [2.24, 2.45) is 4.99 Å². The van der Waals surface area contributed by atoms with E-state index in [0.717, 1.165) is 23.1 Å². The van der Waals surface area contributed by atoms with Crippen LogP contribution in [-0.2, 0) is 21.3 Å². The van der Waals surface area contributed by atoms with Crippen molar-refractivity contribution in [1.82, 2.24) is 8.87 Å². The summed E-state index contributed by atoms with van der Waals surface area (Å²) in [5.74, 6) is -0.443. The Kier molecular flexibility index (Phi) is 8.83. The molecule has 33 heavy (non-hydrogen) atoms. The van der Waals surface area contributed by atoms with Crippen LogP contribution in [0.4, 0.5) is 0 Å². The van der Waals surface area contributed by atoms with Gasteiger partial charge in [-0.2, -0.15) is 9.30 Å². The fourth-order valence-corrected chi connectivity index (χ4v) is 6.41. The number of rotatable bonds is 10. The second kappa shape index (κ2) is 11.4. The summed E-state index contributed by atoms with van der Waals surface area (Å²) in [6, 6.07) is 11.5. The molecule has 0 radical (unpaired) electrons. The van der Waals surface area contributed by atoms with Gasteiger partial charge in [-0.15, -0.1) is 0 Å². The predicted octanol–water partition coefficient (Wildman–Crippen LogP) is 4.55. The van der Waals surface area contributed by atoms with E-state index in [4.69, 9.17) is 16.3 Å². The molecule has 0 saturated carbocycles.